The van der Waals surface area contributed by atoms with Gasteiger partial charge in [0, 0.05) is 12.2 Å². The SMILES string of the molecule is CC(C)c1ccc(N2C(=O)N=C(NCc3ccccc3)C2c2ccccc2)cc1. The predicted octanol–water partition coefficient (Wildman–Crippen LogP) is 5.68. The quantitative estimate of drug-likeness (QED) is 0.616. The molecule has 4 heteroatoms. The molecule has 29 heavy (non-hydrogen) atoms. The second kappa shape index (κ2) is 8.31. The summed E-state index contributed by atoms with van der Waals surface area (Å²) in [4.78, 5) is 19.0. The number of carbonyl (C=O) groups is 1. The van der Waals surface area contributed by atoms with Crippen LogP contribution in [-0.2, 0) is 6.54 Å². The van der Waals surface area contributed by atoms with Crippen LogP contribution < -0.4 is 10.2 Å². The summed E-state index contributed by atoms with van der Waals surface area (Å²) in [7, 11) is 0. The topological polar surface area (TPSA) is 44.7 Å². The van der Waals surface area contributed by atoms with Gasteiger partial charge in [-0.3, -0.25) is 4.90 Å². The summed E-state index contributed by atoms with van der Waals surface area (Å²) >= 11 is 0. The molecule has 1 unspecified atom stereocenters. The van der Waals surface area contributed by atoms with Gasteiger partial charge in [-0.25, -0.2) is 4.79 Å². The molecule has 1 heterocycles. The van der Waals surface area contributed by atoms with Crippen molar-refractivity contribution < 1.29 is 4.79 Å². The number of amidine groups is 1. The summed E-state index contributed by atoms with van der Waals surface area (Å²) in [5.41, 5.74) is 4.29. The maximum absolute atomic E-state index is 12.9. The molecule has 0 fully saturated rings. The minimum Gasteiger partial charge on any atom is -0.367 e. The van der Waals surface area contributed by atoms with E-state index in [4.69, 9.17) is 0 Å². The molecule has 4 nitrogen and oxygen atoms in total. The van der Waals surface area contributed by atoms with Crippen molar-refractivity contribution in [3.05, 3.63) is 102 Å². The van der Waals surface area contributed by atoms with Gasteiger partial charge in [-0.15, -0.1) is 0 Å². The molecule has 2 amide bonds. The molecule has 1 aliphatic rings. The van der Waals surface area contributed by atoms with Crippen LogP contribution in [0.25, 0.3) is 0 Å². The van der Waals surface area contributed by atoms with Gasteiger partial charge < -0.3 is 5.32 Å². The zero-order chi connectivity index (χ0) is 20.2. The maximum Gasteiger partial charge on any atom is 0.350 e. The van der Waals surface area contributed by atoms with E-state index in [1.807, 2.05) is 60.7 Å². The highest BCUT2D eigenvalue weighted by Gasteiger charge is 2.37. The molecule has 1 atom stereocenters. The second-order valence-corrected chi connectivity index (χ2v) is 7.55. The van der Waals surface area contributed by atoms with Gasteiger partial charge in [0.1, 0.15) is 11.9 Å². The molecule has 0 aliphatic carbocycles. The van der Waals surface area contributed by atoms with Crippen molar-refractivity contribution in [3.8, 4) is 0 Å². The smallest absolute Gasteiger partial charge is 0.350 e. The van der Waals surface area contributed by atoms with Gasteiger partial charge in [-0.05, 0) is 34.7 Å². The van der Waals surface area contributed by atoms with Crippen LogP contribution in [0.5, 0.6) is 0 Å². The van der Waals surface area contributed by atoms with E-state index < -0.39 is 0 Å². The van der Waals surface area contributed by atoms with Gasteiger partial charge in [-0.2, -0.15) is 4.99 Å². The van der Waals surface area contributed by atoms with Crippen LogP contribution in [0.1, 0.15) is 42.5 Å². The Morgan fingerprint density at radius 3 is 2.14 bits per heavy atom. The number of benzene rings is 3. The van der Waals surface area contributed by atoms with Crippen molar-refractivity contribution in [3.63, 3.8) is 0 Å². The van der Waals surface area contributed by atoms with Gasteiger partial charge >= 0.3 is 6.03 Å². The molecular weight excluding hydrogens is 358 g/mol. The Morgan fingerprint density at radius 1 is 0.897 bits per heavy atom. The van der Waals surface area contributed by atoms with Crippen molar-refractivity contribution in [1.29, 1.82) is 0 Å². The first-order valence-corrected chi connectivity index (χ1v) is 9.98. The standard InChI is InChI=1S/C25H25N3O/c1-18(2)20-13-15-22(16-14-20)28-23(21-11-7-4-8-12-21)24(27-25(28)29)26-17-19-9-5-3-6-10-19/h3-16,18,23H,17H2,1-2H3,(H,26,27,29). The Morgan fingerprint density at radius 2 is 1.52 bits per heavy atom. The van der Waals surface area contributed by atoms with E-state index in [1.54, 1.807) is 4.90 Å². The molecule has 1 N–H and O–H groups in total. The molecule has 0 bridgehead atoms. The molecule has 0 radical (unpaired) electrons. The summed E-state index contributed by atoms with van der Waals surface area (Å²) in [6.45, 7) is 4.95. The van der Waals surface area contributed by atoms with Gasteiger partial charge in [-0.1, -0.05) is 86.6 Å². The van der Waals surface area contributed by atoms with Crippen LogP contribution in [0.2, 0.25) is 0 Å². The van der Waals surface area contributed by atoms with E-state index in [-0.39, 0.29) is 12.1 Å². The first-order chi connectivity index (χ1) is 14.1. The zero-order valence-electron chi connectivity index (χ0n) is 16.7. The fourth-order valence-electron chi connectivity index (χ4n) is 3.60. The van der Waals surface area contributed by atoms with Crippen LogP contribution in [0, 0.1) is 0 Å². The lowest BCUT2D eigenvalue weighted by atomic mass is 10.0. The predicted molar refractivity (Wildman–Crippen MR) is 118 cm³/mol. The molecule has 0 saturated carbocycles. The van der Waals surface area contributed by atoms with Crippen LogP contribution in [0.4, 0.5) is 10.5 Å². The number of rotatable bonds is 5. The van der Waals surface area contributed by atoms with Crippen LogP contribution in [0.15, 0.2) is 89.9 Å². The Bertz CT molecular complexity index is 995. The molecule has 3 aromatic carbocycles. The van der Waals surface area contributed by atoms with Crippen molar-refractivity contribution in [2.45, 2.75) is 32.4 Å². The molecule has 1 aliphatic heterocycles. The number of nitrogens with one attached hydrogen (secondary N) is 1. The van der Waals surface area contributed by atoms with Gasteiger partial charge in [0.25, 0.3) is 0 Å². The summed E-state index contributed by atoms with van der Waals surface area (Å²) in [5.74, 6) is 1.13. The number of aliphatic imine (C=N–C) groups is 1. The van der Waals surface area contributed by atoms with Crippen LogP contribution in [-0.4, -0.2) is 11.9 Å². The minimum absolute atomic E-state index is 0.244. The average molecular weight is 383 g/mol. The van der Waals surface area contributed by atoms with Crippen molar-refractivity contribution >= 4 is 17.6 Å². The largest absolute Gasteiger partial charge is 0.367 e. The molecule has 4 rings (SSSR count). The van der Waals surface area contributed by atoms with Gasteiger partial charge in [0.15, 0.2) is 0 Å². The summed E-state index contributed by atoms with van der Waals surface area (Å²) in [6.07, 6.45) is 0. The number of nitrogens with zero attached hydrogens (tertiary/aromatic N) is 2. The van der Waals surface area contributed by atoms with Crippen molar-refractivity contribution in [1.82, 2.24) is 5.32 Å². The third kappa shape index (κ3) is 4.06. The fraction of sp³-hybridized carbons (Fsp3) is 0.200. The van der Waals surface area contributed by atoms with Crippen molar-refractivity contribution in [2.75, 3.05) is 4.90 Å². The third-order valence-corrected chi connectivity index (χ3v) is 5.21. The third-order valence-electron chi connectivity index (χ3n) is 5.21. The highest BCUT2D eigenvalue weighted by atomic mass is 16.2. The second-order valence-electron chi connectivity index (χ2n) is 7.55. The lowest BCUT2D eigenvalue weighted by Gasteiger charge is -2.26. The highest BCUT2D eigenvalue weighted by molar-refractivity contribution is 6.13. The van der Waals surface area contributed by atoms with E-state index in [0.717, 1.165) is 16.8 Å². The molecule has 0 spiro atoms. The maximum atomic E-state index is 12.9. The normalized spacial score (nSPS) is 16.2. The summed E-state index contributed by atoms with van der Waals surface area (Å²) in [5, 5.41) is 3.39. The van der Waals surface area contributed by atoms with E-state index in [0.29, 0.717) is 18.3 Å². The number of hydrogen-bond acceptors (Lipinski definition) is 2. The number of anilines is 1. The monoisotopic (exact) mass is 383 g/mol. The first-order valence-electron chi connectivity index (χ1n) is 9.98. The summed E-state index contributed by atoms with van der Waals surface area (Å²) < 4.78 is 0. The van der Waals surface area contributed by atoms with Crippen LogP contribution in [0.3, 0.4) is 0 Å². The van der Waals surface area contributed by atoms with E-state index in [9.17, 15) is 4.79 Å². The average Bonchev–Trinajstić information content (AvgIpc) is 3.09. The Labute approximate surface area is 171 Å². The lowest BCUT2D eigenvalue weighted by Crippen LogP contribution is -2.36. The van der Waals surface area contributed by atoms with E-state index in [2.05, 4.69) is 48.4 Å². The fourth-order valence-corrected chi connectivity index (χ4v) is 3.60. The van der Waals surface area contributed by atoms with Gasteiger partial charge in [0.05, 0.1) is 0 Å². The number of urea groups is 1. The Hall–Kier alpha value is -3.40. The molecule has 0 saturated heterocycles. The minimum atomic E-state index is -0.266. The summed E-state index contributed by atoms with van der Waals surface area (Å²) in [6, 6.07) is 27.9. The van der Waals surface area contributed by atoms with Gasteiger partial charge in [0.2, 0.25) is 0 Å². The van der Waals surface area contributed by atoms with E-state index in [1.165, 1.54) is 5.56 Å². The molecule has 146 valence electrons. The first kappa shape index (κ1) is 18.9. The molecular formula is C25H25N3O. The number of amides is 2. The number of carbonyl (C=O) groups excluding carboxylic acids is 1. The highest BCUT2D eigenvalue weighted by Crippen LogP contribution is 2.33. The Kier molecular flexibility index (Phi) is 5.43. The molecule has 0 aromatic heterocycles. The zero-order valence-corrected chi connectivity index (χ0v) is 16.7. The van der Waals surface area contributed by atoms with E-state index >= 15 is 0 Å². The van der Waals surface area contributed by atoms with Crippen LogP contribution >= 0.6 is 0 Å². The number of hydrogen-bond donors (Lipinski definition) is 1. The lowest BCUT2D eigenvalue weighted by molar-refractivity contribution is 0.255. The van der Waals surface area contributed by atoms with Crippen molar-refractivity contribution in [2.24, 2.45) is 4.99 Å². The molecule has 3 aromatic rings. The Balaban J connectivity index is 1.65.